The highest BCUT2D eigenvalue weighted by molar-refractivity contribution is 9.11. The summed E-state index contributed by atoms with van der Waals surface area (Å²) < 4.78 is 6.38. The highest BCUT2D eigenvalue weighted by atomic mass is 79.9. The van der Waals surface area contributed by atoms with Gasteiger partial charge in [-0.1, -0.05) is 6.07 Å². The number of anilines is 1. The summed E-state index contributed by atoms with van der Waals surface area (Å²) in [5.41, 5.74) is 2.00. The summed E-state index contributed by atoms with van der Waals surface area (Å²) in [5, 5.41) is 4.15. The van der Waals surface area contributed by atoms with Crippen LogP contribution in [-0.4, -0.2) is 17.2 Å². The number of aromatic nitrogens is 1. The molecule has 0 aliphatic carbocycles. The van der Waals surface area contributed by atoms with Gasteiger partial charge in [0.2, 0.25) is 0 Å². The molecule has 3 heterocycles. The van der Waals surface area contributed by atoms with Crippen molar-refractivity contribution in [2.24, 2.45) is 0 Å². The zero-order valence-electron chi connectivity index (χ0n) is 13.9. The lowest BCUT2D eigenvalue weighted by Gasteiger charge is -2.27. The van der Waals surface area contributed by atoms with Gasteiger partial charge in [0.15, 0.2) is 5.11 Å². The largest absolute Gasteiger partial charge is 0.497 e. The third kappa shape index (κ3) is 3.22. The minimum absolute atomic E-state index is 0.0173. The summed E-state index contributed by atoms with van der Waals surface area (Å²) in [6.45, 7) is 0. The maximum absolute atomic E-state index is 5.69. The van der Waals surface area contributed by atoms with E-state index in [4.69, 9.17) is 17.0 Å². The molecule has 1 fully saturated rings. The van der Waals surface area contributed by atoms with Crippen molar-refractivity contribution < 1.29 is 4.74 Å². The number of thiocarbonyl (C=S) groups is 1. The lowest BCUT2D eigenvalue weighted by Crippen LogP contribution is -2.28. The zero-order chi connectivity index (χ0) is 18.1. The van der Waals surface area contributed by atoms with E-state index in [2.05, 4.69) is 43.3 Å². The molecule has 0 spiro atoms. The van der Waals surface area contributed by atoms with Gasteiger partial charge in [-0.3, -0.25) is 4.98 Å². The van der Waals surface area contributed by atoms with Crippen molar-refractivity contribution in [3.8, 4) is 5.75 Å². The predicted molar refractivity (Wildman–Crippen MR) is 113 cm³/mol. The van der Waals surface area contributed by atoms with Crippen molar-refractivity contribution in [3.63, 3.8) is 0 Å². The number of nitrogens with zero attached hydrogens (tertiary/aromatic N) is 2. The van der Waals surface area contributed by atoms with E-state index >= 15 is 0 Å². The summed E-state index contributed by atoms with van der Waals surface area (Å²) >= 11 is 11.0. The number of ether oxygens (including phenoxy) is 1. The Balaban J connectivity index is 1.79. The second-order valence-electron chi connectivity index (χ2n) is 5.84. The SMILES string of the molecule is COc1ccc(N2C(=S)N[C@H](c3ccccn3)[C@H]2c2ccc(Br)s2)cc1. The molecule has 0 amide bonds. The number of rotatable bonds is 4. The Morgan fingerprint density at radius 2 is 1.96 bits per heavy atom. The first-order chi connectivity index (χ1) is 12.7. The Hall–Kier alpha value is -1.96. The van der Waals surface area contributed by atoms with Crippen LogP contribution in [0.1, 0.15) is 22.7 Å². The molecule has 26 heavy (non-hydrogen) atoms. The third-order valence-electron chi connectivity index (χ3n) is 4.33. The second-order valence-corrected chi connectivity index (χ2v) is 8.72. The van der Waals surface area contributed by atoms with Crippen LogP contribution in [0.15, 0.2) is 64.6 Å². The Kier molecular flexibility index (Phi) is 4.93. The molecule has 1 aromatic carbocycles. The molecule has 3 aromatic rings. The standard InChI is InChI=1S/C19H16BrN3OS2/c1-24-13-7-5-12(6-8-13)23-18(15-9-10-16(20)26-15)17(22-19(23)25)14-4-2-3-11-21-14/h2-11,17-18H,1H3,(H,22,25)/t17-,18-/m1/s1. The summed E-state index contributed by atoms with van der Waals surface area (Å²) in [4.78, 5) is 7.93. The van der Waals surface area contributed by atoms with Gasteiger partial charge in [-0.05, 0) is 76.7 Å². The molecule has 132 valence electrons. The van der Waals surface area contributed by atoms with E-state index in [0.29, 0.717) is 5.11 Å². The fraction of sp³-hybridized carbons (Fsp3) is 0.158. The molecule has 2 atom stereocenters. The molecular weight excluding hydrogens is 430 g/mol. The zero-order valence-corrected chi connectivity index (χ0v) is 17.1. The Labute approximate surface area is 170 Å². The van der Waals surface area contributed by atoms with Gasteiger partial charge < -0.3 is 15.0 Å². The number of methoxy groups -OCH3 is 1. The van der Waals surface area contributed by atoms with Crippen LogP contribution in [0.4, 0.5) is 5.69 Å². The van der Waals surface area contributed by atoms with Gasteiger partial charge in [-0.15, -0.1) is 11.3 Å². The molecule has 0 bridgehead atoms. The molecule has 1 saturated heterocycles. The number of hydrogen-bond donors (Lipinski definition) is 1. The molecule has 0 radical (unpaired) electrons. The van der Waals surface area contributed by atoms with E-state index in [0.717, 1.165) is 20.9 Å². The van der Waals surface area contributed by atoms with Crippen LogP contribution in [0.3, 0.4) is 0 Å². The third-order valence-corrected chi connectivity index (χ3v) is 6.34. The Morgan fingerprint density at radius 3 is 2.58 bits per heavy atom. The predicted octanol–water partition coefficient (Wildman–Crippen LogP) is 5.09. The van der Waals surface area contributed by atoms with Gasteiger partial charge in [0, 0.05) is 16.8 Å². The van der Waals surface area contributed by atoms with Crippen molar-refractivity contribution in [2.45, 2.75) is 12.1 Å². The Bertz CT molecular complexity index is 914. The molecule has 0 unspecified atom stereocenters. The van der Waals surface area contributed by atoms with E-state index in [1.54, 1.807) is 18.4 Å². The van der Waals surface area contributed by atoms with Gasteiger partial charge in [0.05, 0.1) is 28.7 Å². The quantitative estimate of drug-likeness (QED) is 0.565. The topological polar surface area (TPSA) is 37.4 Å². The smallest absolute Gasteiger partial charge is 0.174 e. The number of nitrogens with one attached hydrogen (secondary N) is 1. The minimum Gasteiger partial charge on any atom is -0.497 e. The van der Waals surface area contributed by atoms with Crippen molar-refractivity contribution in [1.29, 1.82) is 0 Å². The van der Waals surface area contributed by atoms with Crippen LogP contribution in [0, 0.1) is 0 Å². The summed E-state index contributed by atoms with van der Waals surface area (Å²) in [5.74, 6) is 0.823. The second kappa shape index (κ2) is 7.34. The van der Waals surface area contributed by atoms with Crippen molar-refractivity contribution in [2.75, 3.05) is 12.0 Å². The first kappa shape index (κ1) is 17.5. The molecule has 2 aromatic heterocycles. The van der Waals surface area contributed by atoms with Gasteiger partial charge >= 0.3 is 0 Å². The molecule has 1 aliphatic rings. The molecule has 1 aliphatic heterocycles. The van der Waals surface area contributed by atoms with Crippen LogP contribution in [0.25, 0.3) is 0 Å². The average molecular weight is 446 g/mol. The number of benzene rings is 1. The lowest BCUT2D eigenvalue weighted by atomic mass is 10.0. The summed E-state index contributed by atoms with van der Waals surface area (Å²) in [6.07, 6.45) is 1.82. The highest BCUT2D eigenvalue weighted by Crippen LogP contribution is 2.44. The molecular formula is C19H16BrN3OS2. The van der Waals surface area contributed by atoms with Crippen molar-refractivity contribution in [3.05, 3.63) is 75.2 Å². The van der Waals surface area contributed by atoms with Gasteiger partial charge in [-0.2, -0.15) is 0 Å². The lowest BCUT2D eigenvalue weighted by molar-refractivity contribution is 0.415. The number of halogens is 1. The maximum Gasteiger partial charge on any atom is 0.174 e. The number of thiophene rings is 1. The van der Waals surface area contributed by atoms with Crippen LogP contribution < -0.4 is 15.0 Å². The molecule has 7 heteroatoms. The molecule has 4 rings (SSSR count). The first-order valence-electron chi connectivity index (χ1n) is 8.07. The fourth-order valence-electron chi connectivity index (χ4n) is 3.15. The van der Waals surface area contributed by atoms with E-state index in [1.807, 2.05) is 48.7 Å². The highest BCUT2D eigenvalue weighted by Gasteiger charge is 2.41. The van der Waals surface area contributed by atoms with Gasteiger partial charge in [0.25, 0.3) is 0 Å². The monoisotopic (exact) mass is 445 g/mol. The number of hydrogen-bond acceptors (Lipinski definition) is 4. The van der Waals surface area contributed by atoms with E-state index in [1.165, 1.54) is 4.88 Å². The van der Waals surface area contributed by atoms with E-state index < -0.39 is 0 Å². The average Bonchev–Trinajstić information content (AvgIpc) is 3.25. The first-order valence-corrected chi connectivity index (χ1v) is 10.1. The van der Waals surface area contributed by atoms with Crippen LogP contribution in [-0.2, 0) is 0 Å². The summed E-state index contributed by atoms with van der Waals surface area (Å²) in [6, 6.07) is 18.2. The molecule has 4 nitrogen and oxygen atoms in total. The van der Waals surface area contributed by atoms with Crippen LogP contribution in [0.2, 0.25) is 0 Å². The minimum atomic E-state index is -0.0173. The van der Waals surface area contributed by atoms with E-state index in [9.17, 15) is 0 Å². The summed E-state index contributed by atoms with van der Waals surface area (Å²) in [7, 11) is 1.67. The van der Waals surface area contributed by atoms with Gasteiger partial charge in [0.1, 0.15) is 5.75 Å². The fourth-order valence-corrected chi connectivity index (χ4v) is 5.05. The van der Waals surface area contributed by atoms with Crippen molar-refractivity contribution >= 4 is 50.3 Å². The molecule has 0 saturated carbocycles. The maximum atomic E-state index is 5.69. The molecule has 1 N–H and O–H groups in total. The van der Waals surface area contributed by atoms with E-state index in [-0.39, 0.29) is 12.1 Å². The van der Waals surface area contributed by atoms with Crippen LogP contribution in [0.5, 0.6) is 5.75 Å². The van der Waals surface area contributed by atoms with Gasteiger partial charge in [-0.25, -0.2) is 0 Å². The Morgan fingerprint density at radius 1 is 1.15 bits per heavy atom. The van der Waals surface area contributed by atoms with Crippen LogP contribution >= 0.6 is 39.5 Å². The van der Waals surface area contributed by atoms with Crippen molar-refractivity contribution in [1.82, 2.24) is 10.3 Å². The number of pyridine rings is 1. The normalized spacial score (nSPS) is 19.5.